The molecule has 2 aromatic heterocycles. The number of hydrogen-bond acceptors (Lipinski definition) is 6. The minimum absolute atomic E-state index is 0.0444. The third kappa shape index (κ3) is 5.42. The van der Waals surface area contributed by atoms with Crippen molar-refractivity contribution < 1.29 is 18.7 Å². The van der Waals surface area contributed by atoms with Crippen molar-refractivity contribution in [3.63, 3.8) is 0 Å². The number of ether oxygens (including phenoxy) is 1. The molecule has 0 radical (unpaired) electrons. The fourth-order valence-electron chi connectivity index (χ4n) is 4.42. The number of piperidine rings is 1. The molecule has 1 saturated heterocycles. The Morgan fingerprint density at radius 3 is 2.68 bits per heavy atom. The van der Waals surface area contributed by atoms with Crippen molar-refractivity contribution in [2.45, 2.75) is 25.3 Å². The number of amides is 2. The number of rotatable bonds is 6. The van der Waals surface area contributed by atoms with Gasteiger partial charge in [-0.2, -0.15) is 0 Å². The molecule has 0 unspecified atom stereocenters. The summed E-state index contributed by atoms with van der Waals surface area (Å²) in [6, 6.07) is 13.6. The highest BCUT2D eigenvalue weighted by Gasteiger charge is 2.28. The third-order valence-corrected chi connectivity index (χ3v) is 7.70. The standard InChI is InChI=1S/C27H24ClFN4O3S/c1-36-24-13-22(31-21-5-3-2-4-19(21)24)27(35)33-10-8-16(9-11-33)26-32-23(15-37-26)25(34)30-14-17-6-7-18(28)12-20(17)29/h2-7,12-13,15-16H,8-11,14H2,1H3,(H,30,34). The van der Waals surface area contributed by atoms with Gasteiger partial charge in [-0.3, -0.25) is 9.59 Å². The fourth-order valence-corrected chi connectivity index (χ4v) is 5.55. The van der Waals surface area contributed by atoms with Crippen LogP contribution >= 0.6 is 22.9 Å². The first-order valence-corrected chi connectivity index (χ1v) is 13.1. The maximum Gasteiger partial charge on any atom is 0.272 e. The Hall–Kier alpha value is -3.56. The molecule has 1 fully saturated rings. The van der Waals surface area contributed by atoms with Crippen LogP contribution < -0.4 is 10.1 Å². The SMILES string of the molecule is COc1cc(C(=O)N2CCC(c3nc(C(=O)NCc4ccc(Cl)cc4F)cs3)CC2)nc2ccccc12. The second kappa shape index (κ2) is 10.8. The van der Waals surface area contributed by atoms with E-state index in [0.29, 0.717) is 46.3 Å². The maximum absolute atomic E-state index is 14.0. The van der Waals surface area contributed by atoms with Crippen molar-refractivity contribution in [1.82, 2.24) is 20.2 Å². The largest absolute Gasteiger partial charge is 0.496 e. The third-order valence-electron chi connectivity index (χ3n) is 6.46. The number of benzene rings is 2. The van der Waals surface area contributed by atoms with Gasteiger partial charge in [-0.1, -0.05) is 29.8 Å². The van der Waals surface area contributed by atoms with E-state index < -0.39 is 5.82 Å². The Bertz CT molecular complexity index is 1470. The van der Waals surface area contributed by atoms with Gasteiger partial charge in [0.05, 0.1) is 17.6 Å². The van der Waals surface area contributed by atoms with Gasteiger partial charge in [0.25, 0.3) is 11.8 Å². The van der Waals surface area contributed by atoms with E-state index in [9.17, 15) is 14.0 Å². The highest BCUT2D eigenvalue weighted by atomic mass is 35.5. The van der Waals surface area contributed by atoms with Crippen LogP contribution in [-0.2, 0) is 6.54 Å². The normalized spacial score (nSPS) is 14.1. The number of nitrogens with one attached hydrogen (secondary N) is 1. The molecule has 0 aliphatic carbocycles. The van der Waals surface area contributed by atoms with E-state index in [4.69, 9.17) is 16.3 Å². The van der Waals surface area contributed by atoms with Crippen LogP contribution in [-0.4, -0.2) is 46.9 Å². The summed E-state index contributed by atoms with van der Waals surface area (Å²) in [5.41, 5.74) is 1.73. The fraction of sp³-hybridized carbons (Fsp3) is 0.259. The number of aromatic nitrogens is 2. The number of fused-ring (bicyclic) bond motifs is 1. The van der Waals surface area contributed by atoms with Crippen LogP contribution in [0.1, 0.15) is 50.3 Å². The number of nitrogens with zero attached hydrogens (tertiary/aromatic N) is 3. The number of halogens is 2. The van der Waals surface area contributed by atoms with Gasteiger partial charge in [0, 0.05) is 53.0 Å². The van der Waals surface area contributed by atoms with Crippen LogP contribution in [0.4, 0.5) is 4.39 Å². The molecule has 0 spiro atoms. The molecule has 1 N–H and O–H groups in total. The second-order valence-electron chi connectivity index (χ2n) is 8.78. The van der Waals surface area contributed by atoms with Crippen molar-refractivity contribution in [3.05, 3.63) is 86.7 Å². The van der Waals surface area contributed by atoms with Crippen molar-refractivity contribution in [2.75, 3.05) is 20.2 Å². The molecule has 4 aromatic rings. The van der Waals surface area contributed by atoms with Crippen molar-refractivity contribution in [1.29, 1.82) is 0 Å². The molecule has 0 atom stereocenters. The summed E-state index contributed by atoms with van der Waals surface area (Å²) >= 11 is 7.20. The van der Waals surface area contributed by atoms with E-state index in [1.807, 2.05) is 24.3 Å². The lowest BCUT2D eigenvalue weighted by Crippen LogP contribution is -2.38. The second-order valence-corrected chi connectivity index (χ2v) is 10.1. The molecule has 2 aromatic carbocycles. The van der Waals surface area contributed by atoms with E-state index in [1.54, 1.807) is 35.6 Å². The van der Waals surface area contributed by atoms with Gasteiger partial charge in [-0.25, -0.2) is 14.4 Å². The monoisotopic (exact) mass is 538 g/mol. The summed E-state index contributed by atoms with van der Waals surface area (Å²) in [4.78, 5) is 36.6. The zero-order valence-corrected chi connectivity index (χ0v) is 21.6. The average Bonchev–Trinajstić information content (AvgIpc) is 3.42. The number of carbonyl (C=O) groups excluding carboxylic acids is 2. The van der Waals surface area contributed by atoms with Crippen molar-refractivity contribution >= 4 is 45.7 Å². The lowest BCUT2D eigenvalue weighted by Gasteiger charge is -2.31. The molecular formula is C27H24ClFN4O3S. The predicted octanol–water partition coefficient (Wildman–Crippen LogP) is 5.44. The van der Waals surface area contributed by atoms with E-state index in [0.717, 1.165) is 23.2 Å². The van der Waals surface area contributed by atoms with Crippen LogP contribution in [0.15, 0.2) is 53.9 Å². The molecule has 1 aliphatic rings. The highest BCUT2D eigenvalue weighted by Crippen LogP contribution is 2.32. The smallest absolute Gasteiger partial charge is 0.272 e. The first-order valence-electron chi connectivity index (χ1n) is 11.8. The van der Waals surface area contributed by atoms with Gasteiger partial charge in [0.15, 0.2) is 0 Å². The zero-order valence-electron chi connectivity index (χ0n) is 20.0. The number of para-hydroxylation sites is 1. The van der Waals surface area contributed by atoms with Gasteiger partial charge >= 0.3 is 0 Å². The Kier molecular flexibility index (Phi) is 7.34. The molecule has 1 aliphatic heterocycles. The predicted molar refractivity (Wildman–Crippen MR) is 141 cm³/mol. The summed E-state index contributed by atoms with van der Waals surface area (Å²) in [5, 5.41) is 6.45. The maximum atomic E-state index is 14.0. The molecule has 5 rings (SSSR count). The number of carbonyl (C=O) groups is 2. The van der Waals surface area contributed by atoms with Crippen molar-refractivity contribution in [3.8, 4) is 5.75 Å². The first kappa shape index (κ1) is 25.1. The minimum atomic E-state index is -0.467. The lowest BCUT2D eigenvalue weighted by molar-refractivity contribution is 0.0707. The van der Waals surface area contributed by atoms with Crippen LogP contribution in [0.5, 0.6) is 5.75 Å². The topological polar surface area (TPSA) is 84.4 Å². The quantitative estimate of drug-likeness (QED) is 0.353. The molecule has 0 saturated carbocycles. The van der Waals surface area contributed by atoms with Crippen LogP contribution in [0.25, 0.3) is 10.9 Å². The lowest BCUT2D eigenvalue weighted by atomic mass is 9.97. The minimum Gasteiger partial charge on any atom is -0.496 e. The van der Waals surface area contributed by atoms with Crippen LogP contribution in [0.3, 0.4) is 0 Å². The number of pyridine rings is 1. The van der Waals surface area contributed by atoms with Gasteiger partial charge in [-0.15, -0.1) is 11.3 Å². The van der Waals surface area contributed by atoms with Gasteiger partial charge in [0.2, 0.25) is 0 Å². The van der Waals surface area contributed by atoms with Gasteiger partial charge in [-0.05, 0) is 37.1 Å². The molecule has 7 nitrogen and oxygen atoms in total. The Balaban J connectivity index is 1.19. The van der Waals surface area contributed by atoms with E-state index in [2.05, 4.69) is 15.3 Å². The van der Waals surface area contributed by atoms with Crippen LogP contribution in [0.2, 0.25) is 5.02 Å². The van der Waals surface area contributed by atoms with E-state index >= 15 is 0 Å². The number of likely N-dealkylation sites (tertiary alicyclic amines) is 1. The Morgan fingerprint density at radius 2 is 1.92 bits per heavy atom. The van der Waals surface area contributed by atoms with Crippen molar-refractivity contribution in [2.24, 2.45) is 0 Å². The highest BCUT2D eigenvalue weighted by molar-refractivity contribution is 7.09. The average molecular weight is 539 g/mol. The Labute approximate surface area is 222 Å². The molecule has 190 valence electrons. The van der Waals surface area contributed by atoms with E-state index in [-0.39, 0.29) is 24.3 Å². The van der Waals surface area contributed by atoms with Gasteiger partial charge < -0.3 is 15.0 Å². The Morgan fingerprint density at radius 1 is 1.14 bits per heavy atom. The zero-order chi connectivity index (χ0) is 25.9. The van der Waals surface area contributed by atoms with Gasteiger partial charge in [0.1, 0.15) is 23.0 Å². The first-order chi connectivity index (χ1) is 17.9. The summed E-state index contributed by atoms with van der Waals surface area (Å²) < 4.78 is 19.4. The summed E-state index contributed by atoms with van der Waals surface area (Å²) in [6.45, 7) is 1.18. The summed E-state index contributed by atoms with van der Waals surface area (Å²) in [7, 11) is 1.58. The van der Waals surface area contributed by atoms with E-state index in [1.165, 1.54) is 17.4 Å². The molecule has 3 heterocycles. The summed E-state index contributed by atoms with van der Waals surface area (Å²) in [6.07, 6.45) is 1.47. The molecule has 10 heteroatoms. The molecule has 2 amide bonds. The number of hydrogen-bond donors (Lipinski definition) is 1. The molecule has 37 heavy (non-hydrogen) atoms. The van der Waals surface area contributed by atoms with Crippen LogP contribution in [0, 0.1) is 5.82 Å². The molecule has 0 bridgehead atoms. The number of methoxy groups -OCH3 is 1. The summed E-state index contributed by atoms with van der Waals surface area (Å²) in [5.74, 6) is -0.179. The molecular weight excluding hydrogens is 515 g/mol. The number of thiazole rings is 1.